The van der Waals surface area contributed by atoms with E-state index in [0.29, 0.717) is 12.6 Å². The van der Waals surface area contributed by atoms with E-state index in [1.165, 1.54) is 23.4 Å². The molecule has 3 rings (SSSR count). The van der Waals surface area contributed by atoms with Crippen molar-refractivity contribution in [1.82, 2.24) is 0 Å². The molecule has 0 spiro atoms. The summed E-state index contributed by atoms with van der Waals surface area (Å²) in [6.07, 6.45) is 2.61. The molecule has 1 heterocycles. The molecule has 1 aliphatic carbocycles. The number of benzene rings is 1. The molecule has 1 aliphatic rings. The van der Waals surface area contributed by atoms with Crippen LogP contribution in [0.5, 0.6) is 0 Å². The van der Waals surface area contributed by atoms with E-state index in [1.54, 1.807) is 0 Å². The SMILES string of the molecule is NCc1ccc(N(Cc2cccs2)C2CC2)cc1Br. The number of thiophene rings is 1. The van der Waals surface area contributed by atoms with Gasteiger partial charge in [-0.15, -0.1) is 11.3 Å². The van der Waals surface area contributed by atoms with E-state index in [2.05, 4.69) is 56.5 Å². The summed E-state index contributed by atoms with van der Waals surface area (Å²) < 4.78 is 1.12. The standard InChI is InChI=1S/C15H17BrN2S/c16-15-8-13(4-3-11(15)9-17)18(12-5-6-12)10-14-2-1-7-19-14/h1-4,7-8,12H,5-6,9-10,17H2. The first kappa shape index (κ1) is 13.2. The Labute approximate surface area is 126 Å². The summed E-state index contributed by atoms with van der Waals surface area (Å²) in [5, 5.41) is 2.15. The van der Waals surface area contributed by atoms with Crippen LogP contribution in [0.4, 0.5) is 5.69 Å². The number of nitrogens with two attached hydrogens (primary N) is 1. The van der Waals surface area contributed by atoms with Crippen LogP contribution in [-0.4, -0.2) is 6.04 Å². The average Bonchev–Trinajstić information content (AvgIpc) is 3.13. The number of hydrogen-bond donors (Lipinski definition) is 1. The summed E-state index contributed by atoms with van der Waals surface area (Å²) in [6.45, 7) is 1.59. The van der Waals surface area contributed by atoms with Crippen LogP contribution >= 0.6 is 27.3 Å². The van der Waals surface area contributed by atoms with Crippen LogP contribution in [0.1, 0.15) is 23.3 Å². The van der Waals surface area contributed by atoms with Crippen LogP contribution in [-0.2, 0) is 13.1 Å². The number of hydrogen-bond acceptors (Lipinski definition) is 3. The zero-order valence-electron chi connectivity index (χ0n) is 10.7. The van der Waals surface area contributed by atoms with Gasteiger partial charge in [0.15, 0.2) is 0 Å². The third-order valence-corrected chi connectivity index (χ3v) is 5.08. The molecule has 1 fully saturated rings. The molecule has 4 heteroatoms. The van der Waals surface area contributed by atoms with Gasteiger partial charge in [-0.1, -0.05) is 28.1 Å². The fourth-order valence-corrected chi connectivity index (χ4v) is 3.50. The molecule has 0 aliphatic heterocycles. The fourth-order valence-electron chi connectivity index (χ4n) is 2.27. The highest BCUT2D eigenvalue weighted by atomic mass is 79.9. The van der Waals surface area contributed by atoms with Gasteiger partial charge in [0.2, 0.25) is 0 Å². The monoisotopic (exact) mass is 336 g/mol. The lowest BCUT2D eigenvalue weighted by Crippen LogP contribution is -2.24. The lowest BCUT2D eigenvalue weighted by molar-refractivity contribution is 0.802. The molecule has 0 amide bonds. The Balaban J connectivity index is 1.85. The van der Waals surface area contributed by atoms with Crippen LogP contribution in [0.3, 0.4) is 0 Å². The Bertz CT molecular complexity index is 549. The van der Waals surface area contributed by atoms with Crippen LogP contribution in [0.2, 0.25) is 0 Å². The van der Waals surface area contributed by atoms with Gasteiger partial charge in [-0.3, -0.25) is 0 Å². The van der Waals surface area contributed by atoms with Crippen molar-refractivity contribution in [3.63, 3.8) is 0 Å². The lowest BCUT2D eigenvalue weighted by Gasteiger charge is -2.24. The van der Waals surface area contributed by atoms with Crippen molar-refractivity contribution < 1.29 is 0 Å². The van der Waals surface area contributed by atoms with Gasteiger partial charge in [-0.25, -0.2) is 0 Å². The maximum absolute atomic E-state index is 5.72. The minimum absolute atomic E-state index is 0.579. The van der Waals surface area contributed by atoms with Crippen molar-refractivity contribution in [2.75, 3.05) is 4.90 Å². The summed E-state index contributed by atoms with van der Waals surface area (Å²) >= 11 is 5.45. The molecule has 0 radical (unpaired) electrons. The predicted octanol–water partition coefficient (Wildman–Crippen LogP) is 4.14. The Morgan fingerprint density at radius 3 is 2.74 bits per heavy atom. The topological polar surface area (TPSA) is 29.3 Å². The molecule has 1 aromatic heterocycles. The zero-order valence-corrected chi connectivity index (χ0v) is 13.1. The number of anilines is 1. The molecule has 0 bridgehead atoms. The number of rotatable bonds is 5. The minimum Gasteiger partial charge on any atom is -0.363 e. The molecule has 1 aromatic carbocycles. The first-order chi connectivity index (χ1) is 9.28. The Morgan fingerprint density at radius 1 is 1.32 bits per heavy atom. The zero-order chi connectivity index (χ0) is 13.2. The Kier molecular flexibility index (Phi) is 3.91. The van der Waals surface area contributed by atoms with Crippen molar-refractivity contribution in [2.45, 2.75) is 32.0 Å². The van der Waals surface area contributed by atoms with Crippen molar-refractivity contribution in [3.05, 3.63) is 50.6 Å². The Hall–Kier alpha value is -0.840. The third-order valence-electron chi connectivity index (χ3n) is 3.48. The molecule has 2 nitrogen and oxygen atoms in total. The molecule has 0 atom stereocenters. The van der Waals surface area contributed by atoms with Crippen LogP contribution in [0, 0.1) is 0 Å². The van der Waals surface area contributed by atoms with E-state index < -0.39 is 0 Å². The lowest BCUT2D eigenvalue weighted by atomic mass is 10.2. The molecule has 0 saturated heterocycles. The van der Waals surface area contributed by atoms with E-state index in [4.69, 9.17) is 5.73 Å². The largest absolute Gasteiger partial charge is 0.363 e. The third kappa shape index (κ3) is 3.02. The van der Waals surface area contributed by atoms with Crippen LogP contribution < -0.4 is 10.6 Å². The van der Waals surface area contributed by atoms with E-state index in [-0.39, 0.29) is 0 Å². The fraction of sp³-hybridized carbons (Fsp3) is 0.333. The highest BCUT2D eigenvalue weighted by molar-refractivity contribution is 9.10. The molecule has 0 unspecified atom stereocenters. The molecule has 19 heavy (non-hydrogen) atoms. The Morgan fingerprint density at radius 2 is 2.16 bits per heavy atom. The minimum atomic E-state index is 0.579. The van der Waals surface area contributed by atoms with Crippen molar-refractivity contribution >= 4 is 33.0 Å². The molecule has 1 saturated carbocycles. The molecular formula is C15H17BrN2S. The second kappa shape index (κ2) is 5.65. The average molecular weight is 337 g/mol. The quantitative estimate of drug-likeness (QED) is 0.889. The van der Waals surface area contributed by atoms with Crippen LogP contribution in [0.25, 0.3) is 0 Å². The molecule has 2 aromatic rings. The summed E-state index contributed by atoms with van der Waals surface area (Å²) in [5.41, 5.74) is 8.17. The molecule has 2 N–H and O–H groups in total. The van der Waals surface area contributed by atoms with E-state index in [9.17, 15) is 0 Å². The highest BCUT2D eigenvalue weighted by Gasteiger charge is 2.29. The summed E-state index contributed by atoms with van der Waals surface area (Å²) in [5.74, 6) is 0. The second-order valence-electron chi connectivity index (χ2n) is 4.92. The molecule has 100 valence electrons. The van der Waals surface area contributed by atoms with Crippen LogP contribution in [0.15, 0.2) is 40.2 Å². The normalized spacial score (nSPS) is 14.6. The van der Waals surface area contributed by atoms with Crippen molar-refractivity contribution in [1.29, 1.82) is 0 Å². The van der Waals surface area contributed by atoms with E-state index >= 15 is 0 Å². The number of nitrogens with zero attached hydrogens (tertiary/aromatic N) is 1. The van der Waals surface area contributed by atoms with Gasteiger partial charge in [-0.2, -0.15) is 0 Å². The number of halogens is 1. The van der Waals surface area contributed by atoms with Crippen molar-refractivity contribution in [3.8, 4) is 0 Å². The maximum Gasteiger partial charge on any atom is 0.0525 e. The summed E-state index contributed by atoms with van der Waals surface area (Å²) in [6, 6.07) is 11.6. The van der Waals surface area contributed by atoms with Gasteiger partial charge in [0.25, 0.3) is 0 Å². The van der Waals surface area contributed by atoms with Gasteiger partial charge < -0.3 is 10.6 Å². The first-order valence-electron chi connectivity index (χ1n) is 6.55. The van der Waals surface area contributed by atoms with Gasteiger partial charge in [0.1, 0.15) is 0 Å². The highest BCUT2D eigenvalue weighted by Crippen LogP contribution is 2.35. The van der Waals surface area contributed by atoms with E-state index in [1.807, 2.05) is 11.3 Å². The van der Waals surface area contributed by atoms with Gasteiger partial charge in [0, 0.05) is 27.6 Å². The first-order valence-corrected chi connectivity index (χ1v) is 8.22. The second-order valence-corrected chi connectivity index (χ2v) is 6.80. The smallest absolute Gasteiger partial charge is 0.0525 e. The van der Waals surface area contributed by atoms with Gasteiger partial charge >= 0.3 is 0 Å². The van der Waals surface area contributed by atoms with Crippen molar-refractivity contribution in [2.24, 2.45) is 5.73 Å². The van der Waals surface area contributed by atoms with Gasteiger partial charge in [0.05, 0.1) is 6.54 Å². The summed E-state index contributed by atoms with van der Waals surface area (Å²) in [7, 11) is 0. The summed E-state index contributed by atoms with van der Waals surface area (Å²) in [4.78, 5) is 3.93. The molecular weight excluding hydrogens is 320 g/mol. The predicted molar refractivity (Wildman–Crippen MR) is 85.6 cm³/mol. The van der Waals surface area contributed by atoms with E-state index in [0.717, 1.165) is 16.6 Å². The maximum atomic E-state index is 5.72. The van der Waals surface area contributed by atoms with Gasteiger partial charge in [-0.05, 0) is 42.0 Å².